The van der Waals surface area contributed by atoms with Crippen LogP contribution >= 0.6 is 11.3 Å². The van der Waals surface area contributed by atoms with Gasteiger partial charge in [0.1, 0.15) is 5.75 Å². The van der Waals surface area contributed by atoms with Gasteiger partial charge >= 0.3 is 0 Å². The van der Waals surface area contributed by atoms with Gasteiger partial charge in [-0.05, 0) is 12.8 Å². The summed E-state index contributed by atoms with van der Waals surface area (Å²) < 4.78 is 12.0. The second-order valence-corrected chi connectivity index (χ2v) is 7.96. The van der Waals surface area contributed by atoms with Crippen molar-refractivity contribution >= 4 is 28.0 Å². The van der Waals surface area contributed by atoms with E-state index < -0.39 is 10.8 Å². The maximum atomic E-state index is 12.0. The normalized spacial score (nSPS) is 17.6. The molecule has 1 fully saturated rings. The van der Waals surface area contributed by atoms with Gasteiger partial charge in [0, 0.05) is 28.1 Å². The van der Waals surface area contributed by atoms with E-state index in [1.807, 2.05) is 5.38 Å². The molecule has 1 aliphatic rings. The zero-order valence-electron chi connectivity index (χ0n) is 12.1. The van der Waals surface area contributed by atoms with E-state index in [-0.39, 0.29) is 11.7 Å². The summed E-state index contributed by atoms with van der Waals surface area (Å²) in [5.41, 5.74) is 0.839. The summed E-state index contributed by atoms with van der Waals surface area (Å²) in [7, 11) is -1.17. The van der Waals surface area contributed by atoms with E-state index in [2.05, 4.69) is 24.1 Å². The average molecular weight is 314 g/mol. The molecule has 0 aromatic carbocycles. The molecule has 0 aliphatic heterocycles. The fourth-order valence-corrected chi connectivity index (χ4v) is 4.25. The van der Waals surface area contributed by atoms with Crippen LogP contribution < -0.4 is 5.32 Å². The van der Waals surface area contributed by atoms with Crippen molar-refractivity contribution in [3.63, 3.8) is 0 Å². The van der Waals surface area contributed by atoms with Gasteiger partial charge in [0.25, 0.3) is 0 Å². The number of carbonyl (C=O) groups excluding carboxylic acids is 1. The van der Waals surface area contributed by atoms with Gasteiger partial charge in [-0.1, -0.05) is 26.7 Å². The molecule has 1 N–H and O–H groups in total. The molecule has 1 atom stereocenters. The van der Waals surface area contributed by atoms with Gasteiger partial charge in [0.15, 0.2) is 0 Å². The predicted octanol–water partition coefficient (Wildman–Crippen LogP) is 2.57. The molecule has 6 heteroatoms. The first kappa shape index (κ1) is 15.6. The van der Waals surface area contributed by atoms with E-state index in [9.17, 15) is 9.00 Å². The first-order valence-corrected chi connectivity index (χ1v) is 9.50. The Morgan fingerprint density at radius 2 is 2.20 bits per heavy atom. The van der Waals surface area contributed by atoms with Gasteiger partial charge in [-0.25, -0.2) is 4.98 Å². The molecule has 1 amide bonds. The highest BCUT2D eigenvalue weighted by molar-refractivity contribution is 7.84. The smallest absolute Gasteiger partial charge is 0.232 e. The number of rotatable bonds is 6. The fraction of sp³-hybridized carbons (Fsp3) is 0.714. The van der Waals surface area contributed by atoms with Crippen LogP contribution in [0.25, 0.3) is 0 Å². The SMILES string of the molecule is CC(C)c1nc(C[S@](=O)CC(=O)NC2CCCC2)cs1. The monoisotopic (exact) mass is 314 g/mol. The summed E-state index contributed by atoms with van der Waals surface area (Å²) in [6, 6.07) is 0.298. The van der Waals surface area contributed by atoms with E-state index >= 15 is 0 Å². The van der Waals surface area contributed by atoms with Crippen LogP contribution in [0.1, 0.15) is 56.2 Å². The molecular formula is C14H22N2O2S2. The first-order valence-electron chi connectivity index (χ1n) is 7.13. The minimum absolute atomic E-state index is 0.0883. The Kier molecular flexibility index (Phi) is 5.72. The lowest BCUT2D eigenvalue weighted by Crippen LogP contribution is -2.35. The Morgan fingerprint density at radius 1 is 1.50 bits per heavy atom. The molecule has 1 aliphatic carbocycles. The van der Waals surface area contributed by atoms with Crippen LogP contribution in [-0.4, -0.2) is 26.9 Å². The number of nitrogens with zero attached hydrogens (tertiary/aromatic N) is 1. The van der Waals surface area contributed by atoms with Crippen molar-refractivity contribution in [1.82, 2.24) is 10.3 Å². The number of hydrogen-bond donors (Lipinski definition) is 1. The largest absolute Gasteiger partial charge is 0.353 e. The summed E-state index contributed by atoms with van der Waals surface area (Å²) in [6.45, 7) is 4.18. The molecule has 112 valence electrons. The Hall–Kier alpha value is -0.750. The van der Waals surface area contributed by atoms with Crippen LogP contribution in [0.3, 0.4) is 0 Å². The highest BCUT2D eigenvalue weighted by atomic mass is 32.2. The second kappa shape index (κ2) is 7.31. The number of nitrogens with one attached hydrogen (secondary N) is 1. The third-order valence-corrected chi connectivity index (χ3v) is 5.78. The molecule has 1 aromatic heterocycles. The zero-order valence-corrected chi connectivity index (χ0v) is 13.7. The average Bonchev–Trinajstić information content (AvgIpc) is 2.99. The maximum absolute atomic E-state index is 12.0. The molecule has 4 nitrogen and oxygen atoms in total. The van der Waals surface area contributed by atoms with Crippen LogP contribution in [0.15, 0.2) is 5.38 Å². The highest BCUT2D eigenvalue weighted by Gasteiger charge is 2.18. The Bertz CT molecular complexity index is 479. The maximum Gasteiger partial charge on any atom is 0.232 e. The Balaban J connectivity index is 1.77. The van der Waals surface area contributed by atoms with Gasteiger partial charge in [-0.15, -0.1) is 11.3 Å². The fourth-order valence-electron chi connectivity index (χ4n) is 2.36. The molecule has 1 aromatic rings. The van der Waals surface area contributed by atoms with Crippen molar-refractivity contribution < 1.29 is 9.00 Å². The van der Waals surface area contributed by atoms with E-state index in [4.69, 9.17) is 0 Å². The van der Waals surface area contributed by atoms with Gasteiger partial charge in [0.05, 0.1) is 16.5 Å². The lowest BCUT2D eigenvalue weighted by molar-refractivity contribution is -0.119. The summed E-state index contributed by atoms with van der Waals surface area (Å²) in [6.07, 6.45) is 4.49. The Labute approximate surface area is 126 Å². The van der Waals surface area contributed by atoms with Crippen LogP contribution in [0.2, 0.25) is 0 Å². The lowest BCUT2D eigenvalue weighted by Gasteiger charge is -2.11. The second-order valence-electron chi connectivity index (χ2n) is 5.61. The van der Waals surface area contributed by atoms with Crippen molar-refractivity contribution in [2.45, 2.75) is 57.2 Å². The minimum Gasteiger partial charge on any atom is -0.353 e. The van der Waals surface area contributed by atoms with Crippen LogP contribution in [0.4, 0.5) is 0 Å². The molecule has 0 radical (unpaired) electrons. The molecule has 0 spiro atoms. The van der Waals surface area contributed by atoms with Gasteiger partial charge in [-0.3, -0.25) is 9.00 Å². The molecule has 0 unspecified atom stereocenters. The summed E-state index contributed by atoms with van der Waals surface area (Å²) in [5, 5.41) is 5.98. The third-order valence-electron chi connectivity index (χ3n) is 3.38. The summed E-state index contributed by atoms with van der Waals surface area (Å²) in [4.78, 5) is 16.2. The van der Waals surface area contributed by atoms with Gasteiger partial charge in [-0.2, -0.15) is 0 Å². The molecule has 0 saturated heterocycles. The van der Waals surface area contributed by atoms with E-state index in [1.54, 1.807) is 11.3 Å². The molecular weight excluding hydrogens is 292 g/mol. The number of carbonyl (C=O) groups is 1. The van der Waals surface area contributed by atoms with Crippen molar-refractivity contribution in [3.8, 4) is 0 Å². The quantitative estimate of drug-likeness (QED) is 0.878. The number of amides is 1. The number of hydrogen-bond acceptors (Lipinski definition) is 4. The standard InChI is InChI=1S/C14H22N2O2S2/c1-10(2)14-16-12(7-19-14)8-20(18)9-13(17)15-11-5-3-4-6-11/h7,10-11H,3-6,8-9H2,1-2H3,(H,15,17)/t20-/m0/s1. The van der Waals surface area contributed by atoms with Crippen LogP contribution in [0.5, 0.6) is 0 Å². The number of thiazole rings is 1. The highest BCUT2D eigenvalue weighted by Crippen LogP contribution is 2.20. The van der Waals surface area contributed by atoms with Crippen LogP contribution in [-0.2, 0) is 21.3 Å². The Morgan fingerprint density at radius 3 is 2.80 bits per heavy atom. The minimum atomic E-state index is -1.17. The van der Waals surface area contributed by atoms with Gasteiger partial charge < -0.3 is 5.32 Å². The number of aromatic nitrogens is 1. The molecule has 1 saturated carbocycles. The van der Waals surface area contributed by atoms with Crippen molar-refractivity contribution in [2.75, 3.05) is 5.75 Å². The first-order chi connectivity index (χ1) is 9.54. The van der Waals surface area contributed by atoms with Crippen molar-refractivity contribution in [1.29, 1.82) is 0 Å². The summed E-state index contributed by atoms with van der Waals surface area (Å²) >= 11 is 1.60. The summed E-state index contributed by atoms with van der Waals surface area (Å²) in [5.74, 6) is 0.772. The lowest BCUT2D eigenvalue weighted by atomic mass is 10.2. The van der Waals surface area contributed by atoms with Crippen molar-refractivity contribution in [2.24, 2.45) is 0 Å². The van der Waals surface area contributed by atoms with Gasteiger partial charge in [0.2, 0.25) is 5.91 Å². The van der Waals surface area contributed by atoms with Crippen molar-refractivity contribution in [3.05, 3.63) is 16.1 Å². The molecule has 20 heavy (non-hydrogen) atoms. The molecule has 1 heterocycles. The molecule has 0 bridgehead atoms. The molecule has 2 rings (SSSR count). The van der Waals surface area contributed by atoms with E-state index in [0.29, 0.717) is 17.7 Å². The van der Waals surface area contributed by atoms with Crippen LogP contribution in [0, 0.1) is 0 Å². The van der Waals surface area contributed by atoms with E-state index in [1.165, 1.54) is 12.8 Å². The third kappa shape index (κ3) is 4.66. The topological polar surface area (TPSA) is 59.1 Å². The zero-order chi connectivity index (χ0) is 14.5. The predicted molar refractivity (Wildman–Crippen MR) is 83.3 cm³/mol. The van der Waals surface area contributed by atoms with E-state index in [0.717, 1.165) is 23.5 Å².